The van der Waals surface area contributed by atoms with Gasteiger partial charge in [-0.15, -0.1) is 0 Å². The highest BCUT2D eigenvalue weighted by Gasteiger charge is 2.24. The smallest absolute Gasteiger partial charge is 0.326 e. The lowest BCUT2D eigenvalue weighted by atomic mass is 10.1. The fourth-order valence-electron chi connectivity index (χ4n) is 1.72. The van der Waals surface area contributed by atoms with Gasteiger partial charge in [0.25, 0.3) is 0 Å². The van der Waals surface area contributed by atoms with Crippen molar-refractivity contribution in [1.82, 2.24) is 4.90 Å². The first kappa shape index (κ1) is 16.0. The SMILES string of the molecule is CC(C(=O)O)N(CCC#N)C(=O)Cc1ccc(Cl)cc1. The van der Waals surface area contributed by atoms with E-state index in [1.165, 1.54) is 11.8 Å². The number of nitrogens with zero attached hydrogens (tertiary/aromatic N) is 2. The van der Waals surface area contributed by atoms with Crippen LogP contribution in [-0.2, 0) is 16.0 Å². The average Bonchev–Trinajstić information content (AvgIpc) is 2.41. The first-order valence-electron chi connectivity index (χ1n) is 6.09. The lowest BCUT2D eigenvalue weighted by molar-refractivity contribution is -0.149. The number of benzene rings is 1. The molecule has 1 aromatic carbocycles. The minimum absolute atomic E-state index is 0.0835. The van der Waals surface area contributed by atoms with Crippen molar-refractivity contribution >= 4 is 23.5 Å². The van der Waals surface area contributed by atoms with Gasteiger partial charge < -0.3 is 10.0 Å². The highest BCUT2D eigenvalue weighted by atomic mass is 35.5. The molecular weight excluding hydrogens is 280 g/mol. The van der Waals surface area contributed by atoms with Gasteiger partial charge in [-0.3, -0.25) is 4.79 Å². The van der Waals surface area contributed by atoms with E-state index in [0.717, 1.165) is 5.56 Å². The van der Waals surface area contributed by atoms with Crippen LogP contribution in [0, 0.1) is 11.3 Å². The standard InChI is InChI=1S/C14H15ClN2O3/c1-10(14(19)20)17(8-2-7-16)13(18)9-11-3-5-12(15)6-4-11/h3-6,10H,2,8-9H2,1H3,(H,19,20). The van der Waals surface area contributed by atoms with Crippen LogP contribution in [0.4, 0.5) is 0 Å². The van der Waals surface area contributed by atoms with Gasteiger partial charge in [0.15, 0.2) is 0 Å². The van der Waals surface area contributed by atoms with Gasteiger partial charge in [-0.25, -0.2) is 4.79 Å². The van der Waals surface area contributed by atoms with Gasteiger partial charge in [0.05, 0.1) is 18.9 Å². The molecule has 1 unspecified atom stereocenters. The Balaban J connectivity index is 2.79. The molecule has 0 radical (unpaired) electrons. The lowest BCUT2D eigenvalue weighted by Crippen LogP contribution is -2.44. The van der Waals surface area contributed by atoms with E-state index in [9.17, 15) is 9.59 Å². The van der Waals surface area contributed by atoms with Crippen molar-refractivity contribution in [3.63, 3.8) is 0 Å². The molecule has 0 heterocycles. The van der Waals surface area contributed by atoms with E-state index >= 15 is 0 Å². The normalized spacial score (nSPS) is 11.4. The van der Waals surface area contributed by atoms with Crippen LogP contribution in [0.1, 0.15) is 18.9 Å². The number of carbonyl (C=O) groups excluding carboxylic acids is 1. The first-order valence-corrected chi connectivity index (χ1v) is 6.47. The highest BCUT2D eigenvalue weighted by molar-refractivity contribution is 6.30. The average molecular weight is 295 g/mol. The molecule has 0 bridgehead atoms. The van der Waals surface area contributed by atoms with Crippen LogP contribution >= 0.6 is 11.6 Å². The van der Waals surface area contributed by atoms with Gasteiger partial charge in [0.1, 0.15) is 6.04 Å². The molecule has 0 aromatic heterocycles. The predicted molar refractivity (Wildman–Crippen MR) is 74.2 cm³/mol. The summed E-state index contributed by atoms with van der Waals surface area (Å²) in [6, 6.07) is 7.73. The molecule has 0 saturated carbocycles. The molecule has 106 valence electrons. The molecule has 1 aromatic rings. The molecule has 0 aliphatic rings. The van der Waals surface area contributed by atoms with Crippen LogP contribution in [0.3, 0.4) is 0 Å². The Hall–Kier alpha value is -2.06. The monoisotopic (exact) mass is 294 g/mol. The zero-order valence-corrected chi connectivity index (χ0v) is 11.8. The van der Waals surface area contributed by atoms with Crippen LogP contribution in [0.2, 0.25) is 5.02 Å². The molecule has 0 aliphatic heterocycles. The Morgan fingerprint density at radius 1 is 1.40 bits per heavy atom. The molecule has 6 heteroatoms. The molecule has 1 amide bonds. The summed E-state index contributed by atoms with van der Waals surface area (Å²) < 4.78 is 0. The summed E-state index contributed by atoms with van der Waals surface area (Å²) in [6.07, 6.45) is 0.185. The van der Waals surface area contributed by atoms with Crippen LogP contribution < -0.4 is 0 Å². The van der Waals surface area contributed by atoms with Gasteiger partial charge in [0, 0.05) is 11.6 Å². The summed E-state index contributed by atoms with van der Waals surface area (Å²) in [6.45, 7) is 1.54. The molecule has 0 aliphatic carbocycles. The van der Waals surface area contributed by atoms with Crippen molar-refractivity contribution in [2.24, 2.45) is 0 Å². The molecule has 1 atom stereocenters. The van der Waals surface area contributed by atoms with Crippen molar-refractivity contribution in [2.75, 3.05) is 6.54 Å². The molecule has 20 heavy (non-hydrogen) atoms. The van der Waals surface area contributed by atoms with E-state index in [-0.39, 0.29) is 25.3 Å². The third-order valence-corrected chi connectivity index (χ3v) is 3.13. The molecule has 5 nitrogen and oxygen atoms in total. The number of halogens is 1. The molecule has 0 saturated heterocycles. The van der Waals surface area contributed by atoms with E-state index in [1.807, 2.05) is 6.07 Å². The molecule has 0 spiro atoms. The maximum absolute atomic E-state index is 12.2. The topological polar surface area (TPSA) is 81.4 Å². The Kier molecular flexibility index (Phi) is 6.01. The van der Waals surface area contributed by atoms with Gasteiger partial charge in [-0.2, -0.15) is 5.26 Å². The fraction of sp³-hybridized carbons (Fsp3) is 0.357. The van der Waals surface area contributed by atoms with Crippen molar-refractivity contribution in [3.05, 3.63) is 34.9 Å². The molecular formula is C14H15ClN2O3. The number of hydrogen-bond donors (Lipinski definition) is 1. The number of aliphatic carboxylic acids is 1. The second kappa shape index (κ2) is 7.51. The molecule has 1 rings (SSSR count). The third kappa shape index (κ3) is 4.56. The van der Waals surface area contributed by atoms with E-state index in [1.54, 1.807) is 24.3 Å². The number of carbonyl (C=O) groups is 2. The predicted octanol–water partition coefficient (Wildman–Crippen LogP) is 2.10. The second-order valence-electron chi connectivity index (χ2n) is 4.31. The fourth-order valence-corrected chi connectivity index (χ4v) is 1.84. The summed E-state index contributed by atoms with van der Waals surface area (Å²) >= 11 is 5.76. The number of rotatable bonds is 6. The highest BCUT2D eigenvalue weighted by Crippen LogP contribution is 2.12. The Morgan fingerprint density at radius 2 is 2.00 bits per heavy atom. The van der Waals surface area contributed by atoms with Crippen molar-refractivity contribution in [2.45, 2.75) is 25.8 Å². The summed E-state index contributed by atoms with van der Waals surface area (Å²) in [5, 5.41) is 18.2. The summed E-state index contributed by atoms with van der Waals surface area (Å²) in [7, 11) is 0. The van der Waals surface area contributed by atoms with E-state index in [0.29, 0.717) is 5.02 Å². The number of carboxylic acid groups (broad SMARTS) is 1. The van der Waals surface area contributed by atoms with Crippen LogP contribution in [0.5, 0.6) is 0 Å². The third-order valence-electron chi connectivity index (χ3n) is 2.88. The maximum atomic E-state index is 12.2. The lowest BCUT2D eigenvalue weighted by Gasteiger charge is -2.25. The first-order chi connectivity index (χ1) is 9.45. The van der Waals surface area contributed by atoms with E-state index in [2.05, 4.69) is 0 Å². The summed E-state index contributed by atoms with van der Waals surface area (Å²) in [5.74, 6) is -1.41. The van der Waals surface area contributed by atoms with Gasteiger partial charge in [-0.05, 0) is 24.6 Å². The number of amides is 1. The van der Waals surface area contributed by atoms with Gasteiger partial charge in [-0.1, -0.05) is 23.7 Å². The molecule has 1 N–H and O–H groups in total. The number of hydrogen-bond acceptors (Lipinski definition) is 3. The minimum atomic E-state index is -1.09. The minimum Gasteiger partial charge on any atom is -0.480 e. The van der Waals surface area contributed by atoms with Crippen molar-refractivity contribution in [3.8, 4) is 6.07 Å². The Morgan fingerprint density at radius 3 is 2.50 bits per heavy atom. The van der Waals surface area contributed by atoms with Crippen LogP contribution in [0.15, 0.2) is 24.3 Å². The summed E-state index contributed by atoms with van der Waals surface area (Å²) in [5.41, 5.74) is 0.749. The number of carboxylic acids is 1. The van der Waals surface area contributed by atoms with Crippen molar-refractivity contribution < 1.29 is 14.7 Å². The maximum Gasteiger partial charge on any atom is 0.326 e. The van der Waals surface area contributed by atoms with Crippen LogP contribution in [-0.4, -0.2) is 34.5 Å². The van der Waals surface area contributed by atoms with E-state index < -0.39 is 12.0 Å². The second-order valence-corrected chi connectivity index (χ2v) is 4.75. The van der Waals surface area contributed by atoms with Gasteiger partial charge >= 0.3 is 5.97 Å². The quantitative estimate of drug-likeness (QED) is 0.871. The van der Waals surface area contributed by atoms with Crippen molar-refractivity contribution in [1.29, 1.82) is 5.26 Å². The number of nitriles is 1. The Labute approximate surface area is 122 Å². The summed E-state index contributed by atoms with van der Waals surface area (Å²) in [4.78, 5) is 24.4. The Bertz CT molecular complexity index is 522. The van der Waals surface area contributed by atoms with E-state index in [4.69, 9.17) is 22.0 Å². The zero-order valence-electron chi connectivity index (χ0n) is 11.0. The van der Waals surface area contributed by atoms with Crippen LogP contribution in [0.25, 0.3) is 0 Å². The zero-order chi connectivity index (χ0) is 15.1. The molecule has 0 fully saturated rings. The largest absolute Gasteiger partial charge is 0.480 e. The van der Waals surface area contributed by atoms with Gasteiger partial charge in [0.2, 0.25) is 5.91 Å².